The molecule has 0 amide bonds. The standard InChI is InChI=1S/C23H28N/c1-14(2)19-8-9-21-20(18(19)6)10-11-24(7)23(21)22-13-15(3)12-16(4)17(22)5/h8-14H,1-7H3/q+1/i10D,11D,14D. The first-order chi connectivity index (χ1) is 12.4. The van der Waals surface area contributed by atoms with Gasteiger partial charge in [-0.2, -0.15) is 0 Å². The molecule has 0 bridgehead atoms. The second kappa shape index (κ2) is 6.05. The van der Waals surface area contributed by atoms with E-state index in [9.17, 15) is 0 Å². The molecule has 1 nitrogen and oxygen atoms in total. The van der Waals surface area contributed by atoms with Gasteiger partial charge in [0.15, 0.2) is 6.17 Å². The molecule has 0 atom stereocenters. The highest BCUT2D eigenvalue weighted by atomic mass is 14.9. The number of hydrogen-bond acceptors (Lipinski definition) is 0. The molecule has 0 spiro atoms. The predicted molar refractivity (Wildman–Crippen MR) is 104 cm³/mol. The lowest BCUT2D eigenvalue weighted by Gasteiger charge is -2.15. The number of aromatic nitrogens is 1. The van der Waals surface area contributed by atoms with Crippen molar-refractivity contribution in [3.63, 3.8) is 0 Å². The summed E-state index contributed by atoms with van der Waals surface area (Å²) in [5, 5.41) is 1.75. The third-order valence-electron chi connectivity index (χ3n) is 5.01. The van der Waals surface area contributed by atoms with E-state index in [0.717, 1.165) is 33.2 Å². The van der Waals surface area contributed by atoms with Crippen LogP contribution in [-0.2, 0) is 7.05 Å². The van der Waals surface area contributed by atoms with Crippen molar-refractivity contribution in [2.45, 2.75) is 47.4 Å². The average molecular weight is 322 g/mol. The highest BCUT2D eigenvalue weighted by molar-refractivity contribution is 5.96. The van der Waals surface area contributed by atoms with Crippen LogP contribution in [0.5, 0.6) is 0 Å². The molecule has 124 valence electrons. The van der Waals surface area contributed by atoms with Gasteiger partial charge in [0.25, 0.3) is 0 Å². The van der Waals surface area contributed by atoms with Crippen molar-refractivity contribution in [2.75, 3.05) is 0 Å². The van der Waals surface area contributed by atoms with Gasteiger partial charge in [0, 0.05) is 7.41 Å². The summed E-state index contributed by atoms with van der Waals surface area (Å²) < 4.78 is 27.4. The minimum absolute atomic E-state index is 0.194. The minimum Gasteiger partial charge on any atom is -0.200 e. The number of nitrogens with zero attached hydrogens (tertiary/aromatic N) is 1. The first kappa shape index (κ1) is 13.2. The highest BCUT2D eigenvalue weighted by Gasteiger charge is 2.20. The summed E-state index contributed by atoms with van der Waals surface area (Å²) in [6, 6.07) is 8.60. The van der Waals surface area contributed by atoms with Gasteiger partial charge in [0.2, 0.25) is 5.69 Å². The normalized spacial score (nSPS) is 13.7. The molecule has 0 unspecified atom stereocenters. The van der Waals surface area contributed by atoms with Crippen LogP contribution < -0.4 is 4.57 Å². The number of hydrogen-bond donors (Lipinski definition) is 0. The van der Waals surface area contributed by atoms with E-state index in [4.69, 9.17) is 4.11 Å². The van der Waals surface area contributed by atoms with Crippen LogP contribution in [0, 0.1) is 27.7 Å². The largest absolute Gasteiger partial charge is 0.220 e. The number of fused-ring (bicyclic) bond motifs is 1. The fourth-order valence-electron chi connectivity index (χ4n) is 3.60. The van der Waals surface area contributed by atoms with Crippen LogP contribution in [0.2, 0.25) is 0 Å². The number of pyridine rings is 1. The smallest absolute Gasteiger partial charge is 0.200 e. The molecular weight excluding hydrogens is 290 g/mol. The monoisotopic (exact) mass is 321 g/mol. The second-order valence-electron chi connectivity index (χ2n) is 7.06. The van der Waals surface area contributed by atoms with Gasteiger partial charge in [-0.25, -0.2) is 4.57 Å². The van der Waals surface area contributed by atoms with Crippen LogP contribution in [0.4, 0.5) is 0 Å². The van der Waals surface area contributed by atoms with Crippen LogP contribution >= 0.6 is 0 Å². The summed E-state index contributed by atoms with van der Waals surface area (Å²) >= 11 is 0. The molecule has 0 fully saturated rings. The van der Waals surface area contributed by atoms with Gasteiger partial charge in [0.1, 0.15) is 8.42 Å². The van der Waals surface area contributed by atoms with Crippen LogP contribution in [0.3, 0.4) is 0 Å². The SMILES string of the molecule is [2H]c1c([2H])[n+](C)c(-c2cc(C)cc(C)c2C)c2ccc(C([2H])(C)C)c(C)c12. The molecule has 3 aromatic rings. The first-order valence-electron chi connectivity index (χ1n) is 9.96. The van der Waals surface area contributed by atoms with E-state index in [0.29, 0.717) is 0 Å². The summed E-state index contributed by atoms with van der Waals surface area (Å²) in [6.07, 6.45) is 0.194. The van der Waals surface area contributed by atoms with Crippen molar-refractivity contribution in [3.05, 3.63) is 64.3 Å². The van der Waals surface area contributed by atoms with Gasteiger partial charge in [-0.1, -0.05) is 31.5 Å². The average Bonchev–Trinajstić information content (AvgIpc) is 2.55. The van der Waals surface area contributed by atoms with Crippen molar-refractivity contribution < 1.29 is 8.68 Å². The molecule has 0 N–H and O–H groups in total. The Bertz CT molecular complexity index is 1080. The summed E-state index contributed by atoms with van der Waals surface area (Å²) in [5.74, 6) is -0.749. The molecule has 2 aromatic carbocycles. The van der Waals surface area contributed by atoms with Crippen LogP contribution in [0.1, 0.15) is 51.7 Å². The first-order valence-corrected chi connectivity index (χ1v) is 8.46. The lowest BCUT2D eigenvalue weighted by molar-refractivity contribution is -0.659. The Morgan fingerprint density at radius 3 is 2.38 bits per heavy atom. The maximum Gasteiger partial charge on any atom is 0.220 e. The molecule has 0 radical (unpaired) electrons. The Morgan fingerprint density at radius 2 is 1.71 bits per heavy atom. The van der Waals surface area contributed by atoms with Crippen molar-refractivity contribution >= 4 is 10.8 Å². The van der Waals surface area contributed by atoms with E-state index in [1.54, 1.807) is 0 Å². The second-order valence-corrected chi connectivity index (χ2v) is 7.06. The van der Waals surface area contributed by atoms with E-state index < -0.39 is 5.89 Å². The molecule has 24 heavy (non-hydrogen) atoms. The summed E-state index contributed by atoms with van der Waals surface area (Å²) in [5.41, 5.74) is 7.49. The summed E-state index contributed by atoms with van der Waals surface area (Å²) in [4.78, 5) is 0. The topological polar surface area (TPSA) is 3.88 Å². The minimum atomic E-state index is -0.749. The fraction of sp³-hybridized carbons (Fsp3) is 0.348. The summed E-state index contributed by atoms with van der Waals surface area (Å²) in [6.45, 7) is 12.0. The molecule has 0 aliphatic heterocycles. The Kier molecular flexibility index (Phi) is 3.32. The molecule has 0 aliphatic carbocycles. The maximum absolute atomic E-state index is 8.60. The Balaban J connectivity index is 2.54. The number of aryl methyl sites for hydroxylation is 3. The van der Waals surface area contributed by atoms with Gasteiger partial charge in [-0.05, 0) is 73.4 Å². The molecule has 3 rings (SSSR count). The van der Waals surface area contributed by atoms with Gasteiger partial charge >= 0.3 is 0 Å². The van der Waals surface area contributed by atoms with E-state index in [1.807, 2.05) is 44.5 Å². The molecule has 0 aliphatic rings. The number of rotatable bonds is 2. The molecule has 1 aromatic heterocycles. The van der Waals surface area contributed by atoms with E-state index in [2.05, 4.69) is 32.9 Å². The zero-order valence-electron chi connectivity index (χ0n) is 18.8. The van der Waals surface area contributed by atoms with Gasteiger partial charge in [-0.3, -0.25) is 0 Å². The fourth-order valence-corrected chi connectivity index (χ4v) is 3.60. The lowest BCUT2D eigenvalue weighted by Crippen LogP contribution is -2.31. The van der Waals surface area contributed by atoms with Gasteiger partial charge in [0.05, 0.1) is 12.3 Å². The van der Waals surface area contributed by atoms with Gasteiger partial charge in [-0.15, -0.1) is 0 Å². The molecule has 1 heteroatoms. The van der Waals surface area contributed by atoms with E-state index in [-0.39, 0.29) is 12.2 Å². The quantitative estimate of drug-likeness (QED) is 0.534. The number of benzene rings is 2. The third kappa shape index (κ3) is 2.62. The summed E-state index contributed by atoms with van der Waals surface area (Å²) in [7, 11) is 1.87. The van der Waals surface area contributed by atoms with Crippen molar-refractivity contribution in [2.24, 2.45) is 7.05 Å². The Hall–Kier alpha value is -2.15. The zero-order valence-corrected chi connectivity index (χ0v) is 15.8. The van der Waals surface area contributed by atoms with Gasteiger partial charge < -0.3 is 0 Å². The van der Waals surface area contributed by atoms with Crippen molar-refractivity contribution in [3.8, 4) is 11.3 Å². The Morgan fingerprint density at radius 1 is 1.00 bits per heavy atom. The predicted octanol–water partition coefficient (Wildman–Crippen LogP) is 5.69. The third-order valence-corrected chi connectivity index (χ3v) is 5.01. The zero-order chi connectivity index (χ0) is 20.3. The van der Waals surface area contributed by atoms with Crippen LogP contribution in [0.15, 0.2) is 36.5 Å². The van der Waals surface area contributed by atoms with Crippen LogP contribution in [-0.4, -0.2) is 0 Å². The Labute approximate surface area is 150 Å². The molecular formula is C23H28N+. The van der Waals surface area contributed by atoms with Crippen molar-refractivity contribution in [1.29, 1.82) is 0 Å². The maximum atomic E-state index is 8.60. The van der Waals surface area contributed by atoms with E-state index >= 15 is 0 Å². The van der Waals surface area contributed by atoms with Crippen LogP contribution in [0.25, 0.3) is 22.0 Å². The molecule has 0 saturated carbocycles. The lowest BCUT2D eigenvalue weighted by atomic mass is 9.90. The van der Waals surface area contributed by atoms with Crippen molar-refractivity contribution in [1.82, 2.24) is 0 Å². The highest BCUT2D eigenvalue weighted by Crippen LogP contribution is 2.33. The molecule has 1 heterocycles. The molecule has 0 saturated heterocycles. The van der Waals surface area contributed by atoms with E-state index in [1.165, 1.54) is 16.7 Å².